The Balaban J connectivity index is 1.71. The van der Waals surface area contributed by atoms with E-state index in [1.54, 1.807) is 36.0 Å². The largest absolute Gasteiger partial charge is 0.482 e. The Kier molecular flexibility index (Phi) is 6.74. The lowest BCUT2D eigenvalue weighted by atomic mass is 9.88. The summed E-state index contributed by atoms with van der Waals surface area (Å²) in [5.74, 6) is -1.27. The van der Waals surface area contributed by atoms with Gasteiger partial charge >= 0.3 is 12.1 Å². The highest BCUT2D eigenvalue weighted by Gasteiger charge is 2.35. The van der Waals surface area contributed by atoms with Crippen molar-refractivity contribution in [1.29, 1.82) is 0 Å². The van der Waals surface area contributed by atoms with Crippen LogP contribution < -0.4 is 4.74 Å². The molecular formula is C24H23ClFN3O5. The molecule has 34 heavy (non-hydrogen) atoms. The molecule has 1 aliphatic rings. The first kappa shape index (κ1) is 23.6. The third-order valence-electron chi connectivity index (χ3n) is 5.63. The maximum Gasteiger partial charge on any atom is 0.410 e. The number of hydrogen-bond donors (Lipinski definition) is 1. The quantitative estimate of drug-likeness (QED) is 0.558. The van der Waals surface area contributed by atoms with Gasteiger partial charge in [-0.15, -0.1) is 0 Å². The number of fused-ring (bicyclic) bond motifs is 1. The van der Waals surface area contributed by atoms with Crippen LogP contribution in [0.5, 0.6) is 5.75 Å². The van der Waals surface area contributed by atoms with Crippen LogP contribution in [0.15, 0.2) is 42.5 Å². The first-order chi connectivity index (χ1) is 16.2. The number of carboxylic acids is 1. The van der Waals surface area contributed by atoms with Gasteiger partial charge in [-0.05, 0) is 60.9 Å². The SMILES string of the molecule is Cc1cc(COC(=O)N2CCc3cc(F)ccc3[C@H]2c2cc(Cl)ccc2OCC(=O)O)n(C)n1. The number of carbonyl (C=O) groups is 2. The van der Waals surface area contributed by atoms with E-state index in [0.717, 1.165) is 17.0 Å². The van der Waals surface area contributed by atoms with Gasteiger partial charge < -0.3 is 14.6 Å². The Bertz CT molecular complexity index is 1250. The van der Waals surface area contributed by atoms with Crippen LogP contribution in [-0.2, 0) is 29.6 Å². The molecule has 0 saturated heterocycles. The predicted molar refractivity (Wildman–Crippen MR) is 121 cm³/mol. The van der Waals surface area contributed by atoms with Crippen LogP contribution in [0.25, 0.3) is 0 Å². The number of nitrogens with zero attached hydrogens (tertiary/aromatic N) is 3. The van der Waals surface area contributed by atoms with Crippen LogP contribution in [0.2, 0.25) is 5.02 Å². The molecule has 1 amide bonds. The Hall–Kier alpha value is -3.59. The molecule has 10 heteroatoms. The number of aromatic nitrogens is 2. The third kappa shape index (κ3) is 4.99. The van der Waals surface area contributed by atoms with Crippen molar-refractivity contribution < 1.29 is 28.6 Å². The number of rotatable bonds is 6. The van der Waals surface area contributed by atoms with Gasteiger partial charge in [0.05, 0.1) is 17.4 Å². The lowest BCUT2D eigenvalue weighted by molar-refractivity contribution is -0.139. The number of carbonyl (C=O) groups excluding carboxylic acids is 1. The van der Waals surface area contributed by atoms with Crippen molar-refractivity contribution in [3.63, 3.8) is 0 Å². The van der Waals surface area contributed by atoms with E-state index < -0.39 is 24.7 Å². The summed E-state index contributed by atoms with van der Waals surface area (Å²) in [7, 11) is 1.77. The molecule has 0 unspecified atom stereocenters. The van der Waals surface area contributed by atoms with E-state index in [0.29, 0.717) is 22.6 Å². The van der Waals surface area contributed by atoms with Crippen molar-refractivity contribution >= 4 is 23.7 Å². The fourth-order valence-electron chi connectivity index (χ4n) is 4.15. The van der Waals surface area contributed by atoms with Crippen LogP contribution in [0.4, 0.5) is 9.18 Å². The molecule has 178 valence electrons. The second-order valence-corrected chi connectivity index (χ2v) is 8.45. The van der Waals surface area contributed by atoms with Gasteiger partial charge in [-0.3, -0.25) is 9.58 Å². The Labute approximate surface area is 200 Å². The highest BCUT2D eigenvalue weighted by atomic mass is 35.5. The smallest absolute Gasteiger partial charge is 0.410 e. The second-order valence-electron chi connectivity index (χ2n) is 8.01. The predicted octanol–water partition coefficient (Wildman–Crippen LogP) is 4.27. The normalized spacial score (nSPS) is 15.1. The van der Waals surface area contributed by atoms with E-state index in [4.69, 9.17) is 26.2 Å². The van der Waals surface area contributed by atoms with E-state index in [2.05, 4.69) is 5.10 Å². The molecule has 0 saturated carbocycles. The highest BCUT2D eigenvalue weighted by Crippen LogP contribution is 2.41. The summed E-state index contributed by atoms with van der Waals surface area (Å²) in [5.41, 5.74) is 3.44. The van der Waals surface area contributed by atoms with Crippen LogP contribution >= 0.6 is 11.6 Å². The maximum absolute atomic E-state index is 14.0. The average molecular weight is 488 g/mol. The van der Waals surface area contributed by atoms with E-state index in [1.165, 1.54) is 17.0 Å². The summed E-state index contributed by atoms with van der Waals surface area (Å²) in [6, 6.07) is 10.2. The standard InChI is InChI=1S/C24H23ClFN3O5/c1-14-9-18(28(2)27-14)12-34-24(32)29-8-7-15-10-17(26)4-5-19(15)23(29)20-11-16(25)3-6-21(20)33-13-22(30)31/h3-6,9-11,23H,7-8,12-13H2,1-2H3,(H,30,31)/t23-/m0/s1. The zero-order valence-corrected chi connectivity index (χ0v) is 19.4. The Morgan fingerprint density at radius 1 is 1.21 bits per heavy atom. The lowest BCUT2D eigenvalue weighted by Crippen LogP contribution is -2.41. The van der Waals surface area contributed by atoms with E-state index in [-0.39, 0.29) is 24.7 Å². The van der Waals surface area contributed by atoms with E-state index in [9.17, 15) is 14.0 Å². The Morgan fingerprint density at radius 3 is 2.71 bits per heavy atom. The lowest BCUT2D eigenvalue weighted by Gasteiger charge is -2.37. The van der Waals surface area contributed by atoms with Gasteiger partial charge in [0.2, 0.25) is 0 Å². The molecule has 0 aliphatic carbocycles. The number of benzene rings is 2. The molecule has 0 bridgehead atoms. The van der Waals surface area contributed by atoms with Crippen molar-refractivity contribution in [2.75, 3.05) is 13.2 Å². The molecule has 0 fully saturated rings. The van der Waals surface area contributed by atoms with E-state index >= 15 is 0 Å². The van der Waals surface area contributed by atoms with E-state index in [1.807, 2.05) is 13.0 Å². The molecule has 3 aromatic rings. The minimum absolute atomic E-state index is 0.0214. The minimum Gasteiger partial charge on any atom is -0.482 e. The van der Waals surface area contributed by atoms with Gasteiger partial charge in [-0.25, -0.2) is 14.0 Å². The van der Waals surface area contributed by atoms with Crippen molar-refractivity contribution in [1.82, 2.24) is 14.7 Å². The van der Waals surface area contributed by atoms with Crippen LogP contribution in [0.3, 0.4) is 0 Å². The molecule has 1 aromatic heterocycles. The average Bonchev–Trinajstić information content (AvgIpc) is 3.12. The molecular weight excluding hydrogens is 465 g/mol. The summed E-state index contributed by atoms with van der Waals surface area (Å²) < 4.78 is 26.7. The zero-order chi connectivity index (χ0) is 24.4. The second kappa shape index (κ2) is 9.72. The first-order valence-electron chi connectivity index (χ1n) is 10.6. The van der Waals surface area contributed by atoms with Gasteiger partial charge in [-0.1, -0.05) is 17.7 Å². The molecule has 4 rings (SSSR count). The molecule has 1 aliphatic heterocycles. The minimum atomic E-state index is -1.14. The number of amides is 1. The summed E-state index contributed by atoms with van der Waals surface area (Å²) >= 11 is 6.26. The van der Waals surface area contributed by atoms with Crippen LogP contribution in [0, 0.1) is 12.7 Å². The number of ether oxygens (including phenoxy) is 2. The number of carboxylic acid groups (broad SMARTS) is 1. The maximum atomic E-state index is 14.0. The molecule has 0 radical (unpaired) electrons. The summed E-state index contributed by atoms with van der Waals surface area (Å²) in [6.45, 7) is 1.56. The van der Waals surface area contributed by atoms with Gasteiger partial charge in [0.1, 0.15) is 18.2 Å². The van der Waals surface area contributed by atoms with Gasteiger partial charge in [0.15, 0.2) is 6.61 Å². The van der Waals surface area contributed by atoms with Crippen LogP contribution in [0.1, 0.15) is 34.1 Å². The van der Waals surface area contributed by atoms with Crippen LogP contribution in [-0.4, -0.2) is 45.0 Å². The fourth-order valence-corrected chi connectivity index (χ4v) is 4.33. The van der Waals surface area contributed by atoms with Crippen molar-refractivity contribution in [2.24, 2.45) is 7.05 Å². The van der Waals surface area contributed by atoms with Gasteiger partial charge in [0.25, 0.3) is 0 Å². The van der Waals surface area contributed by atoms with Crippen molar-refractivity contribution in [3.05, 3.63) is 81.4 Å². The fraction of sp³-hybridized carbons (Fsp3) is 0.292. The molecule has 1 atom stereocenters. The zero-order valence-electron chi connectivity index (χ0n) is 18.6. The summed E-state index contributed by atoms with van der Waals surface area (Å²) in [4.78, 5) is 25.9. The molecule has 2 heterocycles. The topological polar surface area (TPSA) is 93.9 Å². The highest BCUT2D eigenvalue weighted by molar-refractivity contribution is 6.30. The van der Waals surface area contributed by atoms with Gasteiger partial charge in [-0.2, -0.15) is 5.10 Å². The number of halogens is 2. The molecule has 2 aromatic carbocycles. The molecule has 1 N–H and O–H groups in total. The monoisotopic (exact) mass is 487 g/mol. The number of hydrogen-bond acceptors (Lipinski definition) is 5. The summed E-state index contributed by atoms with van der Waals surface area (Å²) in [5, 5.41) is 13.7. The van der Waals surface area contributed by atoms with Crippen molar-refractivity contribution in [3.8, 4) is 5.75 Å². The molecule has 8 nitrogen and oxygen atoms in total. The third-order valence-corrected chi connectivity index (χ3v) is 5.86. The number of aliphatic carboxylic acids is 1. The van der Waals surface area contributed by atoms with Crippen molar-refractivity contribution in [2.45, 2.75) is 26.0 Å². The Morgan fingerprint density at radius 2 is 2.00 bits per heavy atom. The molecule has 0 spiro atoms. The van der Waals surface area contributed by atoms with Gasteiger partial charge in [0, 0.05) is 24.2 Å². The number of aryl methyl sites for hydroxylation is 2. The summed E-state index contributed by atoms with van der Waals surface area (Å²) in [6.07, 6.45) is -0.155. The first-order valence-corrected chi connectivity index (χ1v) is 11.0.